The lowest BCUT2D eigenvalue weighted by Crippen LogP contribution is -2.43. The molecule has 2 unspecified atom stereocenters. The average Bonchev–Trinajstić information content (AvgIpc) is 2.38. The van der Waals surface area contributed by atoms with Crippen LogP contribution in [0.2, 0.25) is 5.02 Å². The quantitative estimate of drug-likeness (QED) is 0.656. The van der Waals surface area contributed by atoms with Crippen molar-refractivity contribution in [3.63, 3.8) is 0 Å². The molecule has 1 rings (SSSR count). The number of hydrogen-bond donors (Lipinski definition) is 3. The van der Waals surface area contributed by atoms with Gasteiger partial charge < -0.3 is 20.9 Å². The molecule has 0 aliphatic rings. The number of rotatable bonds is 8. The number of carbonyl (C=O) groups is 1. The zero-order chi connectivity index (χ0) is 14.3. The fourth-order valence-corrected chi connectivity index (χ4v) is 1.49. The lowest BCUT2D eigenvalue weighted by Gasteiger charge is -2.15. The third kappa shape index (κ3) is 6.54. The molecular formula is C13H19ClN2O3. The highest BCUT2D eigenvalue weighted by atomic mass is 35.5. The summed E-state index contributed by atoms with van der Waals surface area (Å²) in [5.74, 6) is -0.450. The number of hydrogen-bond acceptors (Lipinski definition) is 4. The molecule has 106 valence electrons. The molecule has 6 heteroatoms. The van der Waals surface area contributed by atoms with Gasteiger partial charge in [-0.05, 0) is 24.6 Å². The number of aliphatic hydroxyl groups is 1. The Kier molecular flexibility index (Phi) is 6.80. The highest BCUT2D eigenvalue weighted by Crippen LogP contribution is 2.10. The van der Waals surface area contributed by atoms with Crippen molar-refractivity contribution in [2.75, 3.05) is 13.2 Å². The van der Waals surface area contributed by atoms with Gasteiger partial charge in [-0.3, -0.25) is 4.79 Å². The molecule has 0 heterocycles. The second-order valence-electron chi connectivity index (χ2n) is 4.33. The van der Waals surface area contributed by atoms with E-state index in [-0.39, 0.29) is 13.2 Å². The zero-order valence-corrected chi connectivity index (χ0v) is 11.6. The van der Waals surface area contributed by atoms with Gasteiger partial charge >= 0.3 is 0 Å². The summed E-state index contributed by atoms with van der Waals surface area (Å²) in [4.78, 5) is 10.8. The van der Waals surface area contributed by atoms with Gasteiger partial charge in [-0.15, -0.1) is 0 Å². The number of nitrogens with two attached hydrogens (primary N) is 1. The van der Waals surface area contributed by atoms with Crippen LogP contribution in [0.25, 0.3) is 0 Å². The molecule has 0 bridgehead atoms. The number of aliphatic hydroxyl groups excluding tert-OH is 1. The van der Waals surface area contributed by atoms with Gasteiger partial charge in [-0.25, -0.2) is 0 Å². The van der Waals surface area contributed by atoms with Gasteiger partial charge in [0.2, 0.25) is 5.91 Å². The van der Waals surface area contributed by atoms with Crippen molar-refractivity contribution >= 4 is 17.5 Å². The largest absolute Gasteiger partial charge is 0.389 e. The van der Waals surface area contributed by atoms with Gasteiger partial charge in [0.1, 0.15) is 0 Å². The average molecular weight is 287 g/mol. The summed E-state index contributed by atoms with van der Waals surface area (Å²) >= 11 is 5.77. The standard InChI is InChI=1S/C13H19ClN2O3/c1-9(13(15)18)16-6-12(17)8-19-7-10-2-4-11(14)5-3-10/h2-5,9,12,16-17H,6-8H2,1H3,(H2,15,18). The molecule has 2 atom stereocenters. The van der Waals surface area contributed by atoms with E-state index < -0.39 is 18.1 Å². The van der Waals surface area contributed by atoms with Crippen molar-refractivity contribution in [1.29, 1.82) is 0 Å². The third-order valence-electron chi connectivity index (χ3n) is 2.58. The van der Waals surface area contributed by atoms with Crippen LogP contribution in [0.3, 0.4) is 0 Å². The first-order valence-electron chi connectivity index (χ1n) is 6.02. The van der Waals surface area contributed by atoms with Crippen LogP contribution >= 0.6 is 11.6 Å². The molecule has 5 nitrogen and oxygen atoms in total. The minimum absolute atomic E-state index is 0.182. The lowest BCUT2D eigenvalue weighted by molar-refractivity contribution is -0.119. The fourth-order valence-electron chi connectivity index (χ4n) is 1.37. The van der Waals surface area contributed by atoms with Crippen molar-refractivity contribution in [3.05, 3.63) is 34.9 Å². The first-order valence-corrected chi connectivity index (χ1v) is 6.39. The summed E-state index contributed by atoms with van der Waals surface area (Å²) in [7, 11) is 0. The zero-order valence-electron chi connectivity index (χ0n) is 10.8. The summed E-state index contributed by atoms with van der Waals surface area (Å²) in [5.41, 5.74) is 6.07. The molecule has 1 aromatic carbocycles. The van der Waals surface area contributed by atoms with Gasteiger partial charge in [0, 0.05) is 11.6 Å². The number of primary amides is 1. The van der Waals surface area contributed by atoms with Crippen molar-refractivity contribution < 1.29 is 14.6 Å². The van der Waals surface area contributed by atoms with E-state index in [1.54, 1.807) is 19.1 Å². The Morgan fingerprint density at radius 1 is 1.47 bits per heavy atom. The Labute approximate surface area is 117 Å². The predicted octanol–water partition coefficient (Wildman–Crippen LogP) is 0.681. The van der Waals surface area contributed by atoms with Crippen LogP contribution in [-0.4, -0.2) is 36.3 Å². The van der Waals surface area contributed by atoms with Crippen molar-refractivity contribution in [1.82, 2.24) is 5.32 Å². The van der Waals surface area contributed by atoms with Crippen LogP contribution in [0.5, 0.6) is 0 Å². The fraction of sp³-hybridized carbons (Fsp3) is 0.462. The van der Waals surface area contributed by atoms with Gasteiger partial charge in [0.05, 0.1) is 25.4 Å². The van der Waals surface area contributed by atoms with E-state index in [2.05, 4.69) is 5.32 Å². The topological polar surface area (TPSA) is 84.6 Å². The molecule has 0 aliphatic carbocycles. The molecule has 0 saturated carbocycles. The van der Waals surface area contributed by atoms with Crippen molar-refractivity contribution in [2.45, 2.75) is 25.7 Å². The Morgan fingerprint density at radius 2 is 2.11 bits per heavy atom. The van der Waals surface area contributed by atoms with E-state index in [1.807, 2.05) is 12.1 Å². The SMILES string of the molecule is CC(NCC(O)COCc1ccc(Cl)cc1)C(N)=O. The Bertz CT molecular complexity index is 397. The van der Waals surface area contributed by atoms with Gasteiger partial charge in [-0.2, -0.15) is 0 Å². The van der Waals surface area contributed by atoms with Gasteiger partial charge in [0.25, 0.3) is 0 Å². The van der Waals surface area contributed by atoms with Gasteiger partial charge in [-0.1, -0.05) is 23.7 Å². The van der Waals surface area contributed by atoms with Crippen LogP contribution < -0.4 is 11.1 Å². The summed E-state index contributed by atoms with van der Waals surface area (Å²) in [6, 6.07) is 6.83. The summed E-state index contributed by atoms with van der Waals surface area (Å²) in [6.07, 6.45) is -0.686. The third-order valence-corrected chi connectivity index (χ3v) is 2.83. The van der Waals surface area contributed by atoms with Crippen LogP contribution in [0.4, 0.5) is 0 Å². The molecule has 19 heavy (non-hydrogen) atoms. The van der Waals surface area contributed by atoms with E-state index in [0.29, 0.717) is 11.6 Å². The van der Waals surface area contributed by atoms with E-state index in [1.165, 1.54) is 0 Å². The lowest BCUT2D eigenvalue weighted by atomic mass is 10.2. The summed E-state index contributed by atoms with van der Waals surface area (Å²) < 4.78 is 5.36. The molecule has 0 saturated heterocycles. The number of benzene rings is 1. The Morgan fingerprint density at radius 3 is 2.68 bits per heavy atom. The van der Waals surface area contributed by atoms with Crippen LogP contribution in [0, 0.1) is 0 Å². The summed E-state index contributed by atoms with van der Waals surface area (Å²) in [6.45, 7) is 2.48. The molecule has 0 aromatic heterocycles. The highest BCUT2D eigenvalue weighted by Gasteiger charge is 2.10. The first kappa shape index (κ1) is 15.9. The maximum atomic E-state index is 10.8. The van der Waals surface area contributed by atoms with Crippen molar-refractivity contribution in [3.8, 4) is 0 Å². The smallest absolute Gasteiger partial charge is 0.234 e. The Balaban J connectivity index is 2.18. The number of halogens is 1. The predicted molar refractivity (Wildman–Crippen MR) is 73.8 cm³/mol. The maximum Gasteiger partial charge on any atom is 0.234 e. The molecule has 0 spiro atoms. The number of ether oxygens (including phenoxy) is 1. The number of amides is 1. The molecule has 0 fully saturated rings. The second-order valence-corrected chi connectivity index (χ2v) is 4.76. The maximum absolute atomic E-state index is 10.8. The minimum Gasteiger partial charge on any atom is -0.389 e. The molecular weight excluding hydrogens is 268 g/mol. The first-order chi connectivity index (χ1) is 8.99. The van der Waals surface area contributed by atoms with E-state index in [9.17, 15) is 9.90 Å². The molecule has 1 aromatic rings. The minimum atomic E-state index is -0.686. The molecule has 0 aliphatic heterocycles. The van der Waals surface area contributed by atoms with Crippen LogP contribution in [-0.2, 0) is 16.1 Å². The normalized spacial score (nSPS) is 14.1. The summed E-state index contributed by atoms with van der Waals surface area (Å²) in [5, 5.41) is 13.1. The van der Waals surface area contributed by atoms with Gasteiger partial charge in [0.15, 0.2) is 0 Å². The molecule has 0 radical (unpaired) electrons. The monoisotopic (exact) mass is 286 g/mol. The molecule has 1 amide bonds. The van der Waals surface area contributed by atoms with E-state index in [4.69, 9.17) is 22.1 Å². The highest BCUT2D eigenvalue weighted by molar-refractivity contribution is 6.30. The van der Waals surface area contributed by atoms with Crippen molar-refractivity contribution in [2.24, 2.45) is 5.73 Å². The number of nitrogens with one attached hydrogen (secondary N) is 1. The molecule has 4 N–H and O–H groups in total. The van der Waals surface area contributed by atoms with Crippen LogP contribution in [0.1, 0.15) is 12.5 Å². The Hall–Kier alpha value is -1.14. The second kappa shape index (κ2) is 8.12. The van der Waals surface area contributed by atoms with E-state index >= 15 is 0 Å². The van der Waals surface area contributed by atoms with E-state index in [0.717, 1.165) is 5.56 Å². The number of carbonyl (C=O) groups excluding carboxylic acids is 1. The van der Waals surface area contributed by atoms with Crippen LogP contribution in [0.15, 0.2) is 24.3 Å².